The fourth-order valence-electron chi connectivity index (χ4n) is 1.92. The van der Waals surface area contributed by atoms with Crippen molar-refractivity contribution >= 4 is 5.84 Å². The largest absolute Gasteiger partial charge is 0.409 e. The second-order valence-corrected chi connectivity index (χ2v) is 6.29. The second-order valence-electron chi connectivity index (χ2n) is 6.29. The molecule has 0 radical (unpaired) electrons. The van der Waals surface area contributed by atoms with Crippen molar-refractivity contribution < 1.29 is 9.94 Å². The highest BCUT2D eigenvalue weighted by Gasteiger charge is 2.23. The predicted octanol–water partition coefficient (Wildman–Crippen LogP) is 1.90. The number of likely N-dealkylation sites (N-methyl/N-ethyl adjacent to an activating group) is 1. The zero-order valence-corrected chi connectivity index (χ0v) is 12.6. The number of nitrogens with two attached hydrogens (primary N) is 1. The van der Waals surface area contributed by atoms with Crippen LogP contribution in [0.3, 0.4) is 0 Å². The van der Waals surface area contributed by atoms with Gasteiger partial charge in [-0.1, -0.05) is 19.0 Å². The van der Waals surface area contributed by atoms with Gasteiger partial charge in [0.25, 0.3) is 0 Å². The van der Waals surface area contributed by atoms with E-state index in [1.54, 1.807) is 0 Å². The summed E-state index contributed by atoms with van der Waals surface area (Å²) < 4.78 is 5.62. The minimum absolute atomic E-state index is 0.238. The summed E-state index contributed by atoms with van der Waals surface area (Å²) in [5.41, 5.74) is 5.43. The molecule has 5 nitrogen and oxygen atoms in total. The summed E-state index contributed by atoms with van der Waals surface area (Å²) in [5.74, 6) is 1.15. The molecule has 0 aliphatic heterocycles. The lowest BCUT2D eigenvalue weighted by Gasteiger charge is -2.24. The highest BCUT2D eigenvalue weighted by atomic mass is 16.5. The van der Waals surface area contributed by atoms with Gasteiger partial charge in [0.2, 0.25) is 0 Å². The number of rotatable bonds is 10. The molecule has 0 amide bonds. The zero-order chi connectivity index (χ0) is 14.3. The van der Waals surface area contributed by atoms with E-state index in [0.717, 1.165) is 45.1 Å². The van der Waals surface area contributed by atoms with Crippen molar-refractivity contribution in [2.75, 3.05) is 33.4 Å². The first-order valence-electron chi connectivity index (χ1n) is 7.20. The van der Waals surface area contributed by atoms with Crippen LogP contribution < -0.4 is 5.73 Å². The number of ether oxygens (including phenoxy) is 1. The van der Waals surface area contributed by atoms with Crippen molar-refractivity contribution in [3.63, 3.8) is 0 Å². The van der Waals surface area contributed by atoms with Crippen LogP contribution >= 0.6 is 0 Å². The molecule has 0 unspecified atom stereocenters. The van der Waals surface area contributed by atoms with E-state index in [1.807, 2.05) is 13.8 Å². The van der Waals surface area contributed by atoms with Crippen LogP contribution in [0, 0.1) is 11.3 Å². The topological polar surface area (TPSA) is 71.1 Å². The van der Waals surface area contributed by atoms with Gasteiger partial charge in [-0.05, 0) is 45.2 Å². The number of amidine groups is 1. The molecule has 3 N–H and O–H groups in total. The van der Waals surface area contributed by atoms with Crippen LogP contribution in [0.25, 0.3) is 0 Å². The molecule has 1 aliphatic carbocycles. The first-order valence-corrected chi connectivity index (χ1v) is 7.20. The molecule has 1 fully saturated rings. The molecule has 1 rings (SSSR count). The van der Waals surface area contributed by atoms with Gasteiger partial charge >= 0.3 is 0 Å². The van der Waals surface area contributed by atoms with Crippen molar-refractivity contribution in [2.45, 2.75) is 39.5 Å². The molecule has 19 heavy (non-hydrogen) atoms. The minimum Gasteiger partial charge on any atom is -0.409 e. The predicted molar refractivity (Wildman–Crippen MR) is 77.5 cm³/mol. The lowest BCUT2D eigenvalue weighted by molar-refractivity contribution is 0.102. The summed E-state index contributed by atoms with van der Waals surface area (Å²) in [6, 6.07) is 0. The third kappa shape index (κ3) is 6.78. The molecule has 0 aromatic rings. The summed E-state index contributed by atoms with van der Waals surface area (Å²) in [7, 11) is 2.11. The van der Waals surface area contributed by atoms with Crippen LogP contribution in [0.2, 0.25) is 0 Å². The maximum Gasteiger partial charge on any atom is 0.144 e. The highest BCUT2D eigenvalue weighted by Crippen LogP contribution is 2.28. The van der Waals surface area contributed by atoms with Crippen LogP contribution in [0.15, 0.2) is 5.16 Å². The summed E-state index contributed by atoms with van der Waals surface area (Å²) in [5, 5.41) is 11.8. The van der Waals surface area contributed by atoms with Crippen LogP contribution in [-0.2, 0) is 4.74 Å². The molecule has 0 spiro atoms. The molecule has 0 atom stereocenters. The van der Waals surface area contributed by atoms with Crippen molar-refractivity contribution in [1.29, 1.82) is 0 Å². The molecular weight excluding hydrogens is 242 g/mol. The summed E-state index contributed by atoms with van der Waals surface area (Å²) in [6.45, 7) is 7.73. The first-order chi connectivity index (χ1) is 8.95. The van der Waals surface area contributed by atoms with Crippen LogP contribution in [0.4, 0.5) is 0 Å². The molecule has 0 aromatic carbocycles. The smallest absolute Gasteiger partial charge is 0.144 e. The van der Waals surface area contributed by atoms with Gasteiger partial charge in [-0.15, -0.1) is 0 Å². The lowest BCUT2D eigenvalue weighted by atomic mass is 9.86. The molecular formula is C14H29N3O2. The van der Waals surface area contributed by atoms with Gasteiger partial charge in [0, 0.05) is 18.6 Å². The maximum absolute atomic E-state index is 8.71. The Bertz CT molecular complexity index is 288. The number of hydrogen-bond donors (Lipinski definition) is 2. The van der Waals surface area contributed by atoms with Crippen molar-refractivity contribution in [1.82, 2.24) is 4.90 Å². The third-order valence-corrected chi connectivity index (χ3v) is 3.81. The van der Waals surface area contributed by atoms with E-state index >= 15 is 0 Å². The van der Waals surface area contributed by atoms with Crippen molar-refractivity contribution in [3.05, 3.63) is 0 Å². The maximum atomic E-state index is 8.71. The standard InChI is InChI=1S/C14H29N3O2/c1-14(2,13(15)16-18)7-4-8-17(3)9-10-19-11-12-5-6-12/h12,18H,4-11H2,1-3H3,(H2,15,16). The van der Waals surface area contributed by atoms with Gasteiger partial charge in [0.15, 0.2) is 0 Å². The molecule has 0 bridgehead atoms. The number of oxime groups is 1. The normalized spacial score (nSPS) is 17.2. The Hall–Kier alpha value is -0.810. The van der Waals surface area contributed by atoms with E-state index < -0.39 is 0 Å². The Morgan fingerprint density at radius 3 is 2.68 bits per heavy atom. The molecule has 1 aliphatic rings. The van der Waals surface area contributed by atoms with Crippen molar-refractivity contribution in [2.24, 2.45) is 22.2 Å². The number of hydrogen-bond acceptors (Lipinski definition) is 4. The monoisotopic (exact) mass is 271 g/mol. The van der Waals surface area contributed by atoms with E-state index in [1.165, 1.54) is 12.8 Å². The van der Waals surface area contributed by atoms with Gasteiger partial charge in [0.05, 0.1) is 6.61 Å². The van der Waals surface area contributed by atoms with Gasteiger partial charge in [-0.2, -0.15) is 0 Å². The molecule has 0 saturated heterocycles. The van der Waals surface area contributed by atoms with E-state index in [2.05, 4.69) is 17.1 Å². The molecule has 1 saturated carbocycles. The zero-order valence-electron chi connectivity index (χ0n) is 12.6. The first kappa shape index (κ1) is 16.2. The summed E-state index contributed by atoms with van der Waals surface area (Å²) in [6.07, 6.45) is 4.63. The third-order valence-electron chi connectivity index (χ3n) is 3.81. The van der Waals surface area contributed by atoms with Crippen LogP contribution in [-0.4, -0.2) is 49.3 Å². The average molecular weight is 271 g/mol. The number of nitrogens with zero attached hydrogens (tertiary/aromatic N) is 2. The molecule has 0 heterocycles. The van der Waals surface area contributed by atoms with Gasteiger partial charge in [-0.25, -0.2) is 0 Å². The summed E-state index contributed by atoms with van der Waals surface area (Å²) >= 11 is 0. The Balaban J connectivity index is 2.03. The van der Waals surface area contributed by atoms with Gasteiger partial charge < -0.3 is 20.6 Å². The van der Waals surface area contributed by atoms with E-state index in [0.29, 0.717) is 5.84 Å². The quantitative estimate of drug-likeness (QED) is 0.209. The van der Waals surface area contributed by atoms with Crippen LogP contribution in [0.1, 0.15) is 39.5 Å². The van der Waals surface area contributed by atoms with E-state index in [9.17, 15) is 0 Å². The average Bonchev–Trinajstić information content (AvgIpc) is 3.17. The second kappa shape index (κ2) is 7.70. The molecule has 5 heteroatoms. The lowest BCUT2D eigenvalue weighted by Crippen LogP contribution is -2.33. The van der Waals surface area contributed by atoms with Crippen molar-refractivity contribution in [3.8, 4) is 0 Å². The van der Waals surface area contributed by atoms with Crippen LogP contribution in [0.5, 0.6) is 0 Å². The Morgan fingerprint density at radius 1 is 1.42 bits per heavy atom. The summed E-state index contributed by atoms with van der Waals surface area (Å²) in [4.78, 5) is 2.27. The molecule has 0 aromatic heterocycles. The Morgan fingerprint density at radius 2 is 2.11 bits per heavy atom. The minimum atomic E-state index is -0.238. The van der Waals surface area contributed by atoms with E-state index in [4.69, 9.17) is 15.7 Å². The fourth-order valence-corrected chi connectivity index (χ4v) is 1.92. The Labute approximate surface area is 116 Å². The Kier molecular flexibility index (Phi) is 6.58. The van der Waals surface area contributed by atoms with Gasteiger partial charge in [0.1, 0.15) is 5.84 Å². The van der Waals surface area contributed by atoms with E-state index in [-0.39, 0.29) is 5.41 Å². The van der Waals surface area contributed by atoms with Gasteiger partial charge in [-0.3, -0.25) is 0 Å². The fraction of sp³-hybridized carbons (Fsp3) is 0.929. The SMILES string of the molecule is CN(CCCC(C)(C)C(N)=NO)CCOCC1CC1. The highest BCUT2D eigenvalue weighted by molar-refractivity contribution is 5.85. The molecule has 112 valence electrons.